The Hall–Kier alpha value is -2.27. The van der Waals surface area contributed by atoms with Crippen molar-refractivity contribution >= 4 is 29.3 Å². The molecule has 0 fully saturated rings. The van der Waals surface area contributed by atoms with Gasteiger partial charge in [0, 0.05) is 34.9 Å². The molecule has 0 aliphatic rings. The van der Waals surface area contributed by atoms with E-state index in [9.17, 15) is 9.59 Å². The van der Waals surface area contributed by atoms with Crippen LogP contribution >= 0.6 is 11.8 Å². The second-order valence-corrected chi connectivity index (χ2v) is 5.81. The van der Waals surface area contributed by atoms with Crippen LogP contribution in [0.15, 0.2) is 58.3 Å². The van der Waals surface area contributed by atoms with Crippen molar-refractivity contribution in [3.8, 4) is 0 Å². The highest BCUT2D eigenvalue weighted by atomic mass is 32.2. The molecule has 4 nitrogen and oxygen atoms in total. The van der Waals surface area contributed by atoms with Crippen LogP contribution in [0.4, 0.5) is 5.69 Å². The zero-order chi connectivity index (χ0) is 15.9. The Morgan fingerprint density at radius 1 is 1.05 bits per heavy atom. The van der Waals surface area contributed by atoms with E-state index in [0.29, 0.717) is 0 Å². The minimum absolute atomic E-state index is 0.0906. The Morgan fingerprint density at radius 3 is 2.36 bits per heavy atom. The average molecular weight is 315 g/mol. The molecule has 5 heteroatoms. The molecule has 0 heterocycles. The van der Waals surface area contributed by atoms with Crippen molar-refractivity contribution in [3.63, 3.8) is 0 Å². The lowest BCUT2D eigenvalue weighted by atomic mass is 10.2. The van der Waals surface area contributed by atoms with Gasteiger partial charge in [0.2, 0.25) is 5.91 Å². The van der Waals surface area contributed by atoms with Gasteiger partial charge < -0.3 is 10.1 Å². The Morgan fingerprint density at radius 2 is 1.73 bits per heavy atom. The summed E-state index contributed by atoms with van der Waals surface area (Å²) in [5.74, 6) is -0.383. The van der Waals surface area contributed by atoms with E-state index in [1.54, 1.807) is 11.8 Å². The van der Waals surface area contributed by atoms with Gasteiger partial charge in [0.1, 0.15) is 6.61 Å². The van der Waals surface area contributed by atoms with Crippen LogP contribution in [0.1, 0.15) is 19.4 Å². The lowest BCUT2D eigenvalue weighted by Gasteiger charge is -2.09. The smallest absolute Gasteiger partial charge is 0.302 e. The Kier molecular flexibility index (Phi) is 5.61. The summed E-state index contributed by atoms with van der Waals surface area (Å²) in [6, 6.07) is 15.4. The van der Waals surface area contributed by atoms with Gasteiger partial charge in [-0.2, -0.15) is 0 Å². The lowest BCUT2D eigenvalue weighted by molar-refractivity contribution is -0.142. The van der Waals surface area contributed by atoms with Crippen LogP contribution in [0.2, 0.25) is 0 Å². The molecule has 114 valence electrons. The third kappa shape index (κ3) is 4.93. The van der Waals surface area contributed by atoms with Crippen LogP contribution in [0.5, 0.6) is 0 Å². The van der Waals surface area contributed by atoms with Gasteiger partial charge in [-0.05, 0) is 30.3 Å². The zero-order valence-corrected chi connectivity index (χ0v) is 13.3. The molecular weight excluding hydrogens is 298 g/mol. The van der Waals surface area contributed by atoms with E-state index in [-0.39, 0.29) is 18.5 Å². The van der Waals surface area contributed by atoms with Gasteiger partial charge in [0.25, 0.3) is 0 Å². The first kappa shape index (κ1) is 16.1. The summed E-state index contributed by atoms with van der Waals surface area (Å²) in [5.41, 5.74) is 1.73. The molecule has 1 amide bonds. The van der Waals surface area contributed by atoms with Crippen molar-refractivity contribution in [1.29, 1.82) is 0 Å². The molecule has 0 aliphatic carbocycles. The molecule has 1 N–H and O–H groups in total. The van der Waals surface area contributed by atoms with Crippen LogP contribution in [0.25, 0.3) is 0 Å². The second kappa shape index (κ2) is 7.66. The van der Waals surface area contributed by atoms with Crippen molar-refractivity contribution in [2.24, 2.45) is 0 Å². The van der Waals surface area contributed by atoms with Crippen molar-refractivity contribution in [2.75, 3.05) is 5.32 Å². The van der Waals surface area contributed by atoms with Gasteiger partial charge in [-0.25, -0.2) is 0 Å². The number of carbonyl (C=O) groups is 2. The number of ether oxygens (including phenoxy) is 1. The van der Waals surface area contributed by atoms with Gasteiger partial charge in [-0.3, -0.25) is 9.59 Å². The summed E-state index contributed by atoms with van der Waals surface area (Å²) in [7, 11) is 0. The van der Waals surface area contributed by atoms with E-state index in [4.69, 9.17) is 4.74 Å². The number of nitrogens with one attached hydrogen (secondary N) is 1. The Labute approximate surface area is 133 Å². The van der Waals surface area contributed by atoms with Crippen molar-refractivity contribution in [3.05, 3.63) is 54.1 Å². The molecule has 0 aliphatic heterocycles. The highest BCUT2D eigenvalue weighted by Gasteiger charge is 2.06. The summed E-state index contributed by atoms with van der Waals surface area (Å²) in [6.07, 6.45) is 0. The van der Waals surface area contributed by atoms with E-state index in [1.807, 2.05) is 48.5 Å². The van der Waals surface area contributed by atoms with Gasteiger partial charge in [0.05, 0.1) is 0 Å². The van der Waals surface area contributed by atoms with Gasteiger partial charge in [-0.15, -0.1) is 0 Å². The molecule has 2 aromatic carbocycles. The van der Waals surface area contributed by atoms with Gasteiger partial charge in [-0.1, -0.05) is 30.0 Å². The number of hydrogen-bond donors (Lipinski definition) is 1. The van der Waals surface area contributed by atoms with Crippen LogP contribution < -0.4 is 5.32 Å². The fourth-order valence-electron chi connectivity index (χ4n) is 1.84. The number of esters is 1. The minimum atomic E-state index is -0.292. The quantitative estimate of drug-likeness (QED) is 0.851. The standard InChI is InChI=1S/C17H17NO3S/c1-12(19)18-15-7-9-16(10-8-15)22-17-6-4-3-5-14(17)11-21-13(2)20/h3-10H,11H2,1-2H3,(H,18,19). The molecule has 0 aromatic heterocycles. The Bertz CT molecular complexity index is 668. The topological polar surface area (TPSA) is 55.4 Å². The molecule has 2 rings (SSSR count). The van der Waals surface area contributed by atoms with Gasteiger partial charge in [0.15, 0.2) is 0 Å². The predicted octanol–water partition coefficient (Wildman–Crippen LogP) is 3.86. The maximum Gasteiger partial charge on any atom is 0.302 e. The summed E-state index contributed by atoms with van der Waals surface area (Å²) >= 11 is 1.59. The van der Waals surface area contributed by atoms with Gasteiger partial charge >= 0.3 is 5.97 Å². The normalized spacial score (nSPS) is 10.1. The number of amides is 1. The SMILES string of the molecule is CC(=O)Nc1ccc(Sc2ccccc2COC(C)=O)cc1. The summed E-state index contributed by atoms with van der Waals surface area (Å²) in [4.78, 5) is 24.0. The fraction of sp³-hybridized carbons (Fsp3) is 0.176. The largest absolute Gasteiger partial charge is 0.461 e. The van der Waals surface area contributed by atoms with E-state index >= 15 is 0 Å². The number of benzene rings is 2. The third-order valence-electron chi connectivity index (χ3n) is 2.81. The molecule has 22 heavy (non-hydrogen) atoms. The lowest BCUT2D eigenvalue weighted by Crippen LogP contribution is -2.05. The van der Waals surface area contributed by atoms with Crippen molar-refractivity contribution in [2.45, 2.75) is 30.2 Å². The van der Waals surface area contributed by atoms with E-state index in [2.05, 4.69) is 5.32 Å². The van der Waals surface area contributed by atoms with E-state index < -0.39 is 0 Å². The van der Waals surface area contributed by atoms with Crippen LogP contribution in [-0.4, -0.2) is 11.9 Å². The third-order valence-corrected chi connectivity index (χ3v) is 3.93. The molecule has 0 unspecified atom stereocenters. The van der Waals surface area contributed by atoms with E-state index in [1.165, 1.54) is 13.8 Å². The van der Waals surface area contributed by atoms with Crippen molar-refractivity contribution in [1.82, 2.24) is 0 Å². The van der Waals surface area contributed by atoms with Crippen molar-refractivity contribution < 1.29 is 14.3 Å². The molecular formula is C17H17NO3S. The first-order valence-electron chi connectivity index (χ1n) is 6.81. The number of anilines is 1. The molecule has 0 radical (unpaired) electrons. The first-order valence-corrected chi connectivity index (χ1v) is 7.63. The average Bonchev–Trinajstić information content (AvgIpc) is 2.48. The summed E-state index contributed by atoms with van der Waals surface area (Å²) in [6.45, 7) is 3.15. The Balaban J connectivity index is 2.09. The highest BCUT2D eigenvalue weighted by molar-refractivity contribution is 7.99. The van der Waals surface area contributed by atoms with Crippen LogP contribution in [-0.2, 0) is 20.9 Å². The first-order chi connectivity index (χ1) is 10.5. The monoisotopic (exact) mass is 315 g/mol. The second-order valence-electron chi connectivity index (χ2n) is 4.70. The molecule has 2 aromatic rings. The maximum absolute atomic E-state index is 11.0. The molecule has 0 saturated carbocycles. The van der Waals surface area contributed by atoms with Crippen LogP contribution in [0, 0.1) is 0 Å². The fourth-order valence-corrected chi connectivity index (χ4v) is 2.77. The zero-order valence-electron chi connectivity index (χ0n) is 12.5. The summed E-state index contributed by atoms with van der Waals surface area (Å²) < 4.78 is 5.07. The molecule has 0 spiro atoms. The highest BCUT2D eigenvalue weighted by Crippen LogP contribution is 2.31. The number of rotatable bonds is 5. The molecule has 0 bridgehead atoms. The number of hydrogen-bond acceptors (Lipinski definition) is 4. The van der Waals surface area contributed by atoms with E-state index in [0.717, 1.165) is 21.0 Å². The predicted molar refractivity (Wildman–Crippen MR) is 86.8 cm³/mol. The number of carbonyl (C=O) groups excluding carboxylic acids is 2. The molecule has 0 saturated heterocycles. The maximum atomic E-state index is 11.0. The molecule has 0 atom stereocenters. The van der Waals surface area contributed by atoms with Crippen LogP contribution in [0.3, 0.4) is 0 Å². The summed E-state index contributed by atoms with van der Waals surface area (Å²) in [5, 5.41) is 2.73. The minimum Gasteiger partial charge on any atom is -0.461 e.